The molecule has 1 aliphatic heterocycles. The van der Waals surface area contributed by atoms with Gasteiger partial charge in [-0.15, -0.1) is 11.3 Å². The topological polar surface area (TPSA) is 32.3 Å². The number of nitrogens with one attached hydrogen (secondary N) is 1. The number of aryl methyl sites for hydroxylation is 1. The average Bonchev–Trinajstić information content (AvgIpc) is 2.83. The van der Waals surface area contributed by atoms with E-state index in [2.05, 4.69) is 19.2 Å². The van der Waals surface area contributed by atoms with Gasteiger partial charge >= 0.3 is 0 Å². The largest absolute Gasteiger partial charge is 0.334 e. The summed E-state index contributed by atoms with van der Waals surface area (Å²) in [7, 11) is 0. The number of amides is 1. The first kappa shape index (κ1) is 14.5. The van der Waals surface area contributed by atoms with Gasteiger partial charge < -0.3 is 10.2 Å². The summed E-state index contributed by atoms with van der Waals surface area (Å²) in [5.74, 6) is 0.181. The summed E-state index contributed by atoms with van der Waals surface area (Å²) < 4.78 is 0. The number of rotatable bonds is 4. The van der Waals surface area contributed by atoms with Crippen LogP contribution in [0.25, 0.3) is 0 Å². The summed E-state index contributed by atoms with van der Waals surface area (Å²) in [5.41, 5.74) is 0. The second kappa shape index (κ2) is 6.53. The lowest BCUT2D eigenvalue weighted by atomic mass is 10.0. The molecule has 3 nitrogen and oxygen atoms in total. The number of thiophene rings is 1. The summed E-state index contributed by atoms with van der Waals surface area (Å²) in [6.07, 6.45) is 3.71. The second-order valence-corrected chi connectivity index (χ2v) is 6.90. The molecule has 1 amide bonds. The van der Waals surface area contributed by atoms with Crippen LogP contribution in [0.1, 0.15) is 47.7 Å². The zero-order chi connectivity index (χ0) is 13.8. The molecule has 19 heavy (non-hydrogen) atoms. The van der Waals surface area contributed by atoms with Crippen LogP contribution in [0.15, 0.2) is 12.1 Å². The number of carbonyl (C=O) groups excluding carboxylic acids is 1. The lowest BCUT2D eigenvalue weighted by Gasteiger charge is -2.33. The number of hydrogen-bond acceptors (Lipinski definition) is 3. The van der Waals surface area contributed by atoms with Crippen molar-refractivity contribution < 1.29 is 4.79 Å². The van der Waals surface area contributed by atoms with E-state index >= 15 is 0 Å². The van der Waals surface area contributed by atoms with Gasteiger partial charge in [0.25, 0.3) is 5.91 Å². The van der Waals surface area contributed by atoms with Gasteiger partial charge in [0, 0.05) is 23.5 Å². The van der Waals surface area contributed by atoms with Crippen LogP contribution < -0.4 is 5.32 Å². The van der Waals surface area contributed by atoms with Crippen LogP contribution in [0.5, 0.6) is 0 Å². The molecule has 0 aromatic carbocycles. The first-order chi connectivity index (χ1) is 9.08. The van der Waals surface area contributed by atoms with Crippen molar-refractivity contribution in [1.29, 1.82) is 0 Å². The predicted octanol–water partition coefficient (Wildman–Crippen LogP) is 3.05. The predicted molar refractivity (Wildman–Crippen MR) is 80.9 cm³/mol. The van der Waals surface area contributed by atoms with E-state index in [-0.39, 0.29) is 11.9 Å². The van der Waals surface area contributed by atoms with Crippen LogP contribution >= 0.6 is 11.3 Å². The van der Waals surface area contributed by atoms with Crippen molar-refractivity contribution >= 4 is 17.2 Å². The van der Waals surface area contributed by atoms with E-state index in [1.54, 1.807) is 11.3 Å². The molecular weight excluding hydrogens is 256 g/mol. The fraction of sp³-hybridized carbons (Fsp3) is 0.667. The summed E-state index contributed by atoms with van der Waals surface area (Å²) in [6.45, 7) is 8.16. The Hall–Kier alpha value is -0.870. The Morgan fingerprint density at radius 3 is 2.79 bits per heavy atom. The molecule has 0 radical (unpaired) electrons. The molecule has 1 N–H and O–H groups in total. The lowest BCUT2D eigenvalue weighted by molar-refractivity contribution is 0.0682. The molecule has 1 saturated heterocycles. The van der Waals surface area contributed by atoms with E-state index < -0.39 is 0 Å². The highest BCUT2D eigenvalue weighted by Gasteiger charge is 2.24. The standard InChI is InChI=1S/C15H24N2OS/c1-11(2)17(10-13-6-4-5-9-16-13)15(18)14-8-7-12(3)19-14/h7-8,11,13,16H,4-6,9-10H2,1-3H3. The highest BCUT2D eigenvalue weighted by molar-refractivity contribution is 7.13. The van der Waals surface area contributed by atoms with Gasteiger partial charge in [0.05, 0.1) is 4.88 Å². The highest BCUT2D eigenvalue weighted by atomic mass is 32.1. The molecule has 1 fully saturated rings. The van der Waals surface area contributed by atoms with Crippen LogP contribution in [0.2, 0.25) is 0 Å². The third-order valence-corrected chi connectivity index (χ3v) is 4.65. The Bertz CT molecular complexity index is 422. The number of carbonyl (C=O) groups is 1. The molecule has 1 atom stereocenters. The van der Waals surface area contributed by atoms with E-state index in [0.29, 0.717) is 6.04 Å². The fourth-order valence-corrected chi connectivity index (χ4v) is 3.36. The van der Waals surface area contributed by atoms with Crippen molar-refractivity contribution in [2.24, 2.45) is 0 Å². The van der Waals surface area contributed by atoms with Gasteiger partial charge in [-0.3, -0.25) is 4.79 Å². The van der Waals surface area contributed by atoms with Gasteiger partial charge in [-0.05, 0) is 52.3 Å². The van der Waals surface area contributed by atoms with Gasteiger partial charge in [-0.25, -0.2) is 0 Å². The fourth-order valence-electron chi connectivity index (χ4n) is 2.54. The van der Waals surface area contributed by atoms with Crippen molar-refractivity contribution in [2.75, 3.05) is 13.1 Å². The smallest absolute Gasteiger partial charge is 0.264 e. The molecule has 106 valence electrons. The number of nitrogens with zero attached hydrogens (tertiary/aromatic N) is 1. The molecule has 0 spiro atoms. The Kier molecular flexibility index (Phi) is 4.99. The molecule has 2 rings (SSSR count). The monoisotopic (exact) mass is 280 g/mol. The van der Waals surface area contributed by atoms with Gasteiger partial charge in [-0.2, -0.15) is 0 Å². The molecule has 2 heterocycles. The van der Waals surface area contributed by atoms with Crippen LogP contribution in [0.3, 0.4) is 0 Å². The van der Waals surface area contributed by atoms with Crippen molar-refractivity contribution in [3.8, 4) is 0 Å². The van der Waals surface area contributed by atoms with E-state index in [4.69, 9.17) is 0 Å². The zero-order valence-corrected chi connectivity index (χ0v) is 12.9. The number of piperidine rings is 1. The van der Waals surface area contributed by atoms with Gasteiger partial charge in [0.15, 0.2) is 0 Å². The Morgan fingerprint density at radius 1 is 1.47 bits per heavy atom. The molecule has 0 saturated carbocycles. The molecule has 1 unspecified atom stereocenters. The molecule has 0 bridgehead atoms. The minimum absolute atomic E-state index is 0.181. The molecule has 1 aliphatic rings. The van der Waals surface area contributed by atoms with Crippen LogP contribution in [-0.2, 0) is 0 Å². The molecule has 0 aliphatic carbocycles. The molecule has 1 aromatic rings. The van der Waals surface area contributed by atoms with Crippen molar-refractivity contribution in [2.45, 2.75) is 52.1 Å². The Morgan fingerprint density at radius 2 is 2.26 bits per heavy atom. The first-order valence-corrected chi connectivity index (χ1v) is 8.00. The lowest BCUT2D eigenvalue weighted by Crippen LogP contribution is -2.48. The van der Waals surface area contributed by atoms with Gasteiger partial charge in [0.2, 0.25) is 0 Å². The maximum Gasteiger partial charge on any atom is 0.264 e. The second-order valence-electron chi connectivity index (χ2n) is 5.61. The van der Waals surface area contributed by atoms with E-state index in [0.717, 1.165) is 18.0 Å². The van der Waals surface area contributed by atoms with E-state index in [1.165, 1.54) is 24.1 Å². The Balaban J connectivity index is 2.04. The van der Waals surface area contributed by atoms with Crippen LogP contribution in [0, 0.1) is 6.92 Å². The minimum atomic E-state index is 0.181. The molecule has 1 aromatic heterocycles. The normalized spacial score (nSPS) is 19.7. The van der Waals surface area contributed by atoms with Crippen molar-refractivity contribution in [1.82, 2.24) is 10.2 Å². The highest BCUT2D eigenvalue weighted by Crippen LogP contribution is 2.19. The van der Waals surface area contributed by atoms with Crippen molar-refractivity contribution in [3.05, 3.63) is 21.9 Å². The zero-order valence-electron chi connectivity index (χ0n) is 12.1. The van der Waals surface area contributed by atoms with Crippen molar-refractivity contribution in [3.63, 3.8) is 0 Å². The Labute approximate surface area is 120 Å². The van der Waals surface area contributed by atoms with Gasteiger partial charge in [0.1, 0.15) is 0 Å². The van der Waals surface area contributed by atoms with E-state index in [1.807, 2.05) is 24.0 Å². The molecule has 4 heteroatoms. The average molecular weight is 280 g/mol. The SMILES string of the molecule is Cc1ccc(C(=O)N(CC2CCCCN2)C(C)C)s1. The first-order valence-electron chi connectivity index (χ1n) is 7.18. The maximum absolute atomic E-state index is 12.6. The quantitative estimate of drug-likeness (QED) is 0.919. The summed E-state index contributed by atoms with van der Waals surface area (Å²) in [4.78, 5) is 16.7. The van der Waals surface area contributed by atoms with Crippen LogP contribution in [0.4, 0.5) is 0 Å². The minimum Gasteiger partial charge on any atom is -0.334 e. The molecular formula is C15H24N2OS. The summed E-state index contributed by atoms with van der Waals surface area (Å²) in [6, 6.07) is 4.68. The van der Waals surface area contributed by atoms with Crippen LogP contribution in [-0.4, -0.2) is 36.0 Å². The van der Waals surface area contributed by atoms with E-state index in [9.17, 15) is 4.79 Å². The summed E-state index contributed by atoms with van der Waals surface area (Å²) in [5, 5.41) is 3.53. The third-order valence-electron chi connectivity index (χ3n) is 3.66. The summed E-state index contributed by atoms with van der Waals surface area (Å²) >= 11 is 1.59. The number of hydrogen-bond donors (Lipinski definition) is 1. The van der Waals surface area contributed by atoms with Gasteiger partial charge in [-0.1, -0.05) is 6.42 Å². The maximum atomic E-state index is 12.6. The third kappa shape index (κ3) is 3.80.